The molecule has 26 heavy (non-hydrogen) atoms. The highest BCUT2D eigenvalue weighted by atomic mass is 16.1. The fourth-order valence-electron chi connectivity index (χ4n) is 2.80. The normalized spacial score (nSPS) is 12.2. The zero-order valence-electron chi connectivity index (χ0n) is 14.2. The van der Waals surface area contributed by atoms with E-state index in [4.69, 9.17) is 0 Å². The van der Waals surface area contributed by atoms with Crippen LogP contribution in [0.25, 0.3) is 11.3 Å². The van der Waals surface area contributed by atoms with Gasteiger partial charge in [-0.3, -0.25) is 9.20 Å². The van der Waals surface area contributed by atoms with Gasteiger partial charge in [0.1, 0.15) is 0 Å². The predicted octanol–water partition coefficient (Wildman–Crippen LogP) is 1.50. The Morgan fingerprint density at radius 1 is 1.08 bits per heavy atom. The standard InChI is InChI=1S/C17H16N8O/c1-11(16-21-20-15-9-5-6-10-24(15)16)18-17(26)13-7-3-4-8-14(13)25-12(2)19-22-23-25/h3-11H,1-2H3,(H,18,26)/t11-/m0/s1. The highest BCUT2D eigenvalue weighted by molar-refractivity contribution is 5.97. The smallest absolute Gasteiger partial charge is 0.254 e. The first-order valence-electron chi connectivity index (χ1n) is 8.10. The van der Waals surface area contributed by atoms with E-state index in [-0.39, 0.29) is 11.9 Å². The van der Waals surface area contributed by atoms with Gasteiger partial charge in [-0.1, -0.05) is 18.2 Å². The van der Waals surface area contributed by atoms with E-state index in [1.54, 1.807) is 25.1 Å². The minimum absolute atomic E-state index is 0.240. The molecule has 0 saturated carbocycles. The highest BCUT2D eigenvalue weighted by Crippen LogP contribution is 2.17. The molecule has 0 unspecified atom stereocenters. The number of benzene rings is 1. The third kappa shape index (κ3) is 2.69. The Morgan fingerprint density at radius 2 is 1.88 bits per heavy atom. The molecule has 0 aliphatic rings. The van der Waals surface area contributed by atoms with Crippen molar-refractivity contribution in [1.29, 1.82) is 0 Å². The van der Waals surface area contributed by atoms with Crippen LogP contribution in [0.1, 0.15) is 35.0 Å². The quantitative estimate of drug-likeness (QED) is 0.599. The summed E-state index contributed by atoms with van der Waals surface area (Å²) in [6.07, 6.45) is 1.87. The first-order chi connectivity index (χ1) is 12.6. The third-order valence-electron chi connectivity index (χ3n) is 4.08. The SMILES string of the molecule is Cc1nnnn1-c1ccccc1C(=O)N[C@@H](C)c1nnc2ccccn12. The summed E-state index contributed by atoms with van der Waals surface area (Å²) < 4.78 is 3.38. The largest absolute Gasteiger partial charge is 0.342 e. The Bertz CT molecular complexity index is 1080. The van der Waals surface area contributed by atoms with Crippen molar-refractivity contribution >= 4 is 11.6 Å². The van der Waals surface area contributed by atoms with Gasteiger partial charge in [0, 0.05) is 6.20 Å². The lowest BCUT2D eigenvalue weighted by Crippen LogP contribution is -2.29. The maximum atomic E-state index is 12.9. The second kappa shape index (κ2) is 6.36. The van der Waals surface area contributed by atoms with Gasteiger partial charge in [-0.05, 0) is 48.5 Å². The molecule has 130 valence electrons. The molecule has 3 heterocycles. The second-order valence-electron chi connectivity index (χ2n) is 5.84. The Labute approximate surface area is 148 Å². The van der Waals surface area contributed by atoms with Crippen LogP contribution in [0.4, 0.5) is 0 Å². The first-order valence-corrected chi connectivity index (χ1v) is 8.10. The van der Waals surface area contributed by atoms with E-state index < -0.39 is 0 Å². The van der Waals surface area contributed by atoms with Crippen LogP contribution < -0.4 is 5.32 Å². The molecular weight excluding hydrogens is 332 g/mol. The van der Waals surface area contributed by atoms with Crippen LogP contribution in [-0.4, -0.2) is 40.7 Å². The van der Waals surface area contributed by atoms with Gasteiger partial charge in [0.25, 0.3) is 5.91 Å². The predicted molar refractivity (Wildman–Crippen MR) is 92.8 cm³/mol. The number of aryl methyl sites for hydroxylation is 1. The molecule has 0 spiro atoms. The zero-order valence-corrected chi connectivity index (χ0v) is 14.2. The van der Waals surface area contributed by atoms with Gasteiger partial charge in [0.15, 0.2) is 17.3 Å². The second-order valence-corrected chi connectivity index (χ2v) is 5.84. The number of nitrogens with one attached hydrogen (secondary N) is 1. The maximum absolute atomic E-state index is 12.9. The molecule has 0 saturated heterocycles. The molecule has 0 aliphatic carbocycles. The van der Waals surface area contributed by atoms with Gasteiger partial charge < -0.3 is 5.32 Å². The molecule has 1 aromatic carbocycles. The van der Waals surface area contributed by atoms with Gasteiger partial charge in [-0.2, -0.15) is 4.68 Å². The molecular formula is C17H16N8O. The number of tetrazole rings is 1. The van der Waals surface area contributed by atoms with Crippen LogP contribution in [-0.2, 0) is 0 Å². The number of carbonyl (C=O) groups is 1. The van der Waals surface area contributed by atoms with Crippen molar-refractivity contribution < 1.29 is 4.79 Å². The number of hydrogen-bond acceptors (Lipinski definition) is 6. The minimum Gasteiger partial charge on any atom is -0.342 e. The highest BCUT2D eigenvalue weighted by Gasteiger charge is 2.20. The van der Waals surface area contributed by atoms with Crippen LogP contribution in [0.5, 0.6) is 0 Å². The lowest BCUT2D eigenvalue weighted by molar-refractivity contribution is 0.0938. The van der Waals surface area contributed by atoms with Gasteiger partial charge in [0.05, 0.1) is 17.3 Å². The number of fused-ring (bicyclic) bond motifs is 1. The molecule has 1 atom stereocenters. The Kier molecular flexibility index (Phi) is 3.88. The number of carbonyl (C=O) groups excluding carboxylic acids is 1. The van der Waals surface area contributed by atoms with Crippen LogP contribution in [0, 0.1) is 6.92 Å². The third-order valence-corrected chi connectivity index (χ3v) is 4.08. The summed E-state index contributed by atoms with van der Waals surface area (Å²) in [5.74, 6) is 1.02. The van der Waals surface area contributed by atoms with Crippen molar-refractivity contribution in [2.24, 2.45) is 0 Å². The summed E-state index contributed by atoms with van der Waals surface area (Å²) in [4.78, 5) is 12.9. The molecule has 1 N–H and O–H groups in total. The van der Waals surface area contributed by atoms with Gasteiger partial charge in [-0.15, -0.1) is 15.3 Å². The fourth-order valence-corrected chi connectivity index (χ4v) is 2.80. The molecule has 0 fully saturated rings. The number of aromatic nitrogens is 7. The Hall–Kier alpha value is -3.62. The molecule has 4 rings (SSSR count). The summed E-state index contributed by atoms with van der Waals surface area (Å²) in [7, 11) is 0. The number of nitrogens with zero attached hydrogens (tertiary/aromatic N) is 7. The molecule has 9 heteroatoms. The van der Waals surface area contributed by atoms with Crippen molar-refractivity contribution in [3.05, 3.63) is 65.9 Å². The van der Waals surface area contributed by atoms with E-state index in [0.29, 0.717) is 22.9 Å². The van der Waals surface area contributed by atoms with Crippen molar-refractivity contribution in [3.8, 4) is 5.69 Å². The van der Waals surface area contributed by atoms with Gasteiger partial charge >= 0.3 is 0 Å². The number of amides is 1. The van der Waals surface area contributed by atoms with E-state index in [9.17, 15) is 4.79 Å². The molecule has 9 nitrogen and oxygen atoms in total. The van der Waals surface area contributed by atoms with Crippen LogP contribution in [0.15, 0.2) is 48.7 Å². The average Bonchev–Trinajstić information content (AvgIpc) is 3.27. The summed E-state index contributed by atoms with van der Waals surface area (Å²) in [6.45, 7) is 3.64. The maximum Gasteiger partial charge on any atom is 0.254 e. The van der Waals surface area contributed by atoms with Crippen LogP contribution in [0.3, 0.4) is 0 Å². The topological polar surface area (TPSA) is 103 Å². The van der Waals surface area contributed by atoms with Crippen molar-refractivity contribution in [3.63, 3.8) is 0 Å². The first kappa shape index (κ1) is 15.9. The Morgan fingerprint density at radius 3 is 2.69 bits per heavy atom. The molecule has 0 radical (unpaired) electrons. The fraction of sp³-hybridized carbons (Fsp3) is 0.176. The zero-order chi connectivity index (χ0) is 18.1. The number of para-hydroxylation sites is 1. The lowest BCUT2D eigenvalue weighted by Gasteiger charge is -2.14. The van der Waals surface area contributed by atoms with Crippen molar-refractivity contribution in [2.75, 3.05) is 0 Å². The van der Waals surface area contributed by atoms with Gasteiger partial charge in [-0.25, -0.2) is 0 Å². The van der Waals surface area contributed by atoms with E-state index in [0.717, 1.165) is 5.65 Å². The Balaban J connectivity index is 1.64. The molecule has 3 aromatic heterocycles. The van der Waals surface area contributed by atoms with Crippen LogP contribution in [0.2, 0.25) is 0 Å². The summed E-state index contributed by atoms with van der Waals surface area (Å²) in [5.41, 5.74) is 1.82. The molecule has 0 aliphatic heterocycles. The molecule has 0 bridgehead atoms. The number of rotatable bonds is 4. The molecule has 1 amide bonds. The summed E-state index contributed by atoms with van der Waals surface area (Å²) >= 11 is 0. The van der Waals surface area contributed by atoms with Crippen molar-refractivity contribution in [2.45, 2.75) is 19.9 Å². The minimum atomic E-state index is -0.331. The monoisotopic (exact) mass is 348 g/mol. The lowest BCUT2D eigenvalue weighted by atomic mass is 10.1. The summed E-state index contributed by atoms with van der Waals surface area (Å²) in [5, 5.41) is 22.7. The van der Waals surface area contributed by atoms with E-state index in [2.05, 4.69) is 31.0 Å². The van der Waals surface area contributed by atoms with E-state index in [1.807, 2.05) is 41.8 Å². The van der Waals surface area contributed by atoms with E-state index >= 15 is 0 Å². The van der Waals surface area contributed by atoms with Crippen molar-refractivity contribution in [1.82, 2.24) is 40.1 Å². The molecule has 4 aromatic rings. The average molecular weight is 348 g/mol. The van der Waals surface area contributed by atoms with Gasteiger partial charge in [0.2, 0.25) is 0 Å². The number of hydrogen-bond donors (Lipinski definition) is 1. The van der Waals surface area contributed by atoms with E-state index in [1.165, 1.54) is 4.68 Å². The van der Waals surface area contributed by atoms with Crippen LogP contribution >= 0.6 is 0 Å². The summed E-state index contributed by atoms with van der Waals surface area (Å²) in [6, 6.07) is 12.5. The number of pyridine rings is 1.